The second kappa shape index (κ2) is 4.69. The zero-order valence-corrected chi connectivity index (χ0v) is 7.38. The standard InChI is InChI=1S/C9H9BO4/c11-6-5-9(12)7-3-1-2-4-8(7)10(13)14/h1-4,6,13-14H,5H2. The van der Waals surface area contributed by atoms with Crippen molar-refractivity contribution in [3.63, 3.8) is 0 Å². The molecule has 4 nitrogen and oxygen atoms in total. The van der Waals surface area contributed by atoms with E-state index in [0.29, 0.717) is 6.29 Å². The van der Waals surface area contributed by atoms with Crippen molar-refractivity contribution in [3.8, 4) is 0 Å². The van der Waals surface area contributed by atoms with Crippen LogP contribution in [0.1, 0.15) is 16.8 Å². The minimum atomic E-state index is -1.69. The van der Waals surface area contributed by atoms with Crippen LogP contribution in [-0.4, -0.2) is 29.2 Å². The molecule has 0 aliphatic rings. The zero-order valence-electron chi connectivity index (χ0n) is 7.38. The van der Waals surface area contributed by atoms with Gasteiger partial charge in [0.05, 0.1) is 6.42 Å². The summed E-state index contributed by atoms with van der Waals surface area (Å²) in [6.07, 6.45) is 0.243. The van der Waals surface area contributed by atoms with Crippen molar-refractivity contribution in [1.82, 2.24) is 0 Å². The molecule has 1 aromatic carbocycles. The predicted molar refractivity (Wildman–Crippen MR) is 51.3 cm³/mol. The van der Waals surface area contributed by atoms with E-state index in [9.17, 15) is 9.59 Å². The Bertz CT molecular complexity index is 348. The van der Waals surface area contributed by atoms with Crippen LogP contribution in [0.4, 0.5) is 0 Å². The molecule has 0 bridgehead atoms. The third kappa shape index (κ3) is 2.28. The van der Waals surface area contributed by atoms with Gasteiger partial charge >= 0.3 is 7.12 Å². The third-order valence-corrected chi connectivity index (χ3v) is 1.81. The Balaban J connectivity index is 3.06. The maximum atomic E-state index is 11.3. The van der Waals surface area contributed by atoms with E-state index in [4.69, 9.17) is 10.0 Å². The van der Waals surface area contributed by atoms with Gasteiger partial charge in [0.25, 0.3) is 0 Å². The van der Waals surface area contributed by atoms with E-state index in [1.165, 1.54) is 12.1 Å². The molecular weight excluding hydrogens is 183 g/mol. The molecule has 5 heteroatoms. The Hall–Kier alpha value is -1.46. The number of Topliss-reactive ketones (excluding diaryl/α,β-unsaturated/α-hetero) is 1. The largest absolute Gasteiger partial charge is 0.489 e. The summed E-state index contributed by atoms with van der Waals surface area (Å²) in [6, 6.07) is 6.08. The van der Waals surface area contributed by atoms with Crippen LogP contribution in [-0.2, 0) is 4.79 Å². The van der Waals surface area contributed by atoms with E-state index < -0.39 is 12.9 Å². The Morgan fingerprint density at radius 2 is 2.00 bits per heavy atom. The summed E-state index contributed by atoms with van der Waals surface area (Å²) >= 11 is 0. The fourth-order valence-electron chi connectivity index (χ4n) is 1.16. The van der Waals surface area contributed by atoms with E-state index in [-0.39, 0.29) is 17.4 Å². The van der Waals surface area contributed by atoms with Gasteiger partial charge in [-0.3, -0.25) is 4.79 Å². The summed E-state index contributed by atoms with van der Waals surface area (Å²) in [7, 11) is -1.69. The maximum absolute atomic E-state index is 11.3. The lowest BCUT2D eigenvalue weighted by molar-refractivity contribution is -0.107. The molecular formula is C9H9BO4. The van der Waals surface area contributed by atoms with E-state index in [2.05, 4.69) is 0 Å². The highest BCUT2D eigenvalue weighted by atomic mass is 16.4. The molecule has 2 N–H and O–H groups in total. The van der Waals surface area contributed by atoms with Gasteiger partial charge in [0.15, 0.2) is 5.78 Å². The number of hydrogen-bond acceptors (Lipinski definition) is 4. The zero-order chi connectivity index (χ0) is 10.6. The Morgan fingerprint density at radius 1 is 1.36 bits per heavy atom. The van der Waals surface area contributed by atoms with E-state index >= 15 is 0 Å². The Labute approximate surface area is 81.3 Å². The smallest absolute Gasteiger partial charge is 0.423 e. The molecule has 0 heterocycles. The van der Waals surface area contributed by atoms with Crippen LogP contribution in [0.25, 0.3) is 0 Å². The van der Waals surface area contributed by atoms with E-state index in [0.717, 1.165) is 0 Å². The van der Waals surface area contributed by atoms with Crippen LogP contribution >= 0.6 is 0 Å². The molecule has 0 fully saturated rings. The lowest BCUT2D eigenvalue weighted by Crippen LogP contribution is -2.34. The number of rotatable bonds is 4. The highest BCUT2D eigenvalue weighted by Gasteiger charge is 2.18. The minimum Gasteiger partial charge on any atom is -0.423 e. The lowest BCUT2D eigenvalue weighted by atomic mass is 9.76. The normalized spacial score (nSPS) is 9.57. The van der Waals surface area contributed by atoms with Crippen molar-refractivity contribution in [1.29, 1.82) is 0 Å². The molecule has 14 heavy (non-hydrogen) atoms. The first-order valence-corrected chi connectivity index (χ1v) is 4.08. The van der Waals surface area contributed by atoms with Crippen molar-refractivity contribution in [2.24, 2.45) is 0 Å². The molecule has 0 aliphatic carbocycles. The van der Waals surface area contributed by atoms with Crippen LogP contribution in [0.15, 0.2) is 24.3 Å². The number of carbonyl (C=O) groups excluding carboxylic acids is 2. The Morgan fingerprint density at radius 3 is 2.57 bits per heavy atom. The summed E-state index contributed by atoms with van der Waals surface area (Å²) in [5.41, 5.74) is 0.300. The second-order valence-corrected chi connectivity index (χ2v) is 2.75. The first-order chi connectivity index (χ1) is 6.66. The van der Waals surface area contributed by atoms with Crippen molar-refractivity contribution >= 4 is 24.7 Å². The van der Waals surface area contributed by atoms with Crippen molar-refractivity contribution in [3.05, 3.63) is 29.8 Å². The molecule has 0 aromatic heterocycles. The summed E-state index contributed by atoms with van der Waals surface area (Å²) in [4.78, 5) is 21.4. The number of hydrogen-bond donors (Lipinski definition) is 2. The first kappa shape index (κ1) is 10.6. The highest BCUT2D eigenvalue weighted by molar-refractivity contribution is 6.60. The van der Waals surface area contributed by atoms with Gasteiger partial charge in [0.2, 0.25) is 0 Å². The van der Waals surface area contributed by atoms with Gasteiger partial charge in [0, 0.05) is 5.56 Å². The number of benzene rings is 1. The summed E-state index contributed by atoms with van der Waals surface area (Å²) in [5, 5.41) is 17.9. The van der Waals surface area contributed by atoms with Crippen LogP contribution in [0.3, 0.4) is 0 Å². The monoisotopic (exact) mass is 192 g/mol. The topological polar surface area (TPSA) is 74.6 Å². The van der Waals surface area contributed by atoms with Crippen LogP contribution < -0.4 is 5.46 Å². The minimum absolute atomic E-state index is 0.124. The molecule has 0 spiro atoms. The van der Waals surface area contributed by atoms with Gasteiger partial charge in [-0.15, -0.1) is 0 Å². The van der Waals surface area contributed by atoms with Gasteiger partial charge < -0.3 is 14.8 Å². The summed E-state index contributed by atoms with van der Waals surface area (Å²) in [5.74, 6) is -0.413. The summed E-state index contributed by atoms with van der Waals surface area (Å²) in [6.45, 7) is 0. The maximum Gasteiger partial charge on any atom is 0.489 e. The highest BCUT2D eigenvalue weighted by Crippen LogP contribution is 2.00. The van der Waals surface area contributed by atoms with E-state index in [1.54, 1.807) is 12.1 Å². The van der Waals surface area contributed by atoms with Gasteiger partial charge in [-0.1, -0.05) is 24.3 Å². The van der Waals surface area contributed by atoms with Crippen LogP contribution in [0.2, 0.25) is 0 Å². The number of ketones is 1. The fraction of sp³-hybridized carbons (Fsp3) is 0.111. The molecule has 0 radical (unpaired) electrons. The number of carbonyl (C=O) groups is 2. The van der Waals surface area contributed by atoms with Crippen LogP contribution in [0.5, 0.6) is 0 Å². The number of aldehydes is 1. The Kier molecular flexibility index (Phi) is 3.56. The molecule has 0 atom stereocenters. The SMILES string of the molecule is O=CCC(=O)c1ccccc1B(O)O. The third-order valence-electron chi connectivity index (χ3n) is 1.81. The average Bonchev–Trinajstić information content (AvgIpc) is 2.18. The molecule has 0 saturated heterocycles. The molecule has 72 valence electrons. The van der Waals surface area contributed by atoms with Crippen molar-refractivity contribution in [2.75, 3.05) is 0 Å². The lowest BCUT2D eigenvalue weighted by Gasteiger charge is -2.05. The van der Waals surface area contributed by atoms with Crippen LogP contribution in [0, 0.1) is 0 Å². The van der Waals surface area contributed by atoms with Crippen molar-refractivity contribution < 1.29 is 19.6 Å². The molecule has 0 unspecified atom stereocenters. The summed E-state index contributed by atoms with van der Waals surface area (Å²) < 4.78 is 0. The van der Waals surface area contributed by atoms with Gasteiger partial charge in [-0.2, -0.15) is 0 Å². The average molecular weight is 192 g/mol. The first-order valence-electron chi connectivity index (χ1n) is 4.08. The second-order valence-electron chi connectivity index (χ2n) is 2.75. The fourth-order valence-corrected chi connectivity index (χ4v) is 1.16. The molecule has 0 amide bonds. The molecule has 1 rings (SSSR count). The predicted octanol–water partition coefficient (Wildman–Crippen LogP) is -0.862. The van der Waals surface area contributed by atoms with Gasteiger partial charge in [-0.05, 0) is 5.46 Å². The molecule has 0 saturated carbocycles. The van der Waals surface area contributed by atoms with Gasteiger partial charge in [-0.25, -0.2) is 0 Å². The molecule has 1 aromatic rings. The van der Waals surface area contributed by atoms with Crippen molar-refractivity contribution in [2.45, 2.75) is 6.42 Å². The van der Waals surface area contributed by atoms with Gasteiger partial charge in [0.1, 0.15) is 6.29 Å². The van der Waals surface area contributed by atoms with E-state index in [1.807, 2.05) is 0 Å². The quantitative estimate of drug-likeness (QED) is 0.281. The molecule has 0 aliphatic heterocycles.